The number of nitrogens with two attached hydrogens (primary N) is 1. The van der Waals surface area contributed by atoms with E-state index in [1.54, 1.807) is 0 Å². The van der Waals surface area contributed by atoms with Gasteiger partial charge in [-0.15, -0.1) is 21.2 Å². The lowest BCUT2D eigenvalue weighted by atomic mass is 10.1. The minimum atomic E-state index is -3.74. The molecule has 1 heterocycles. The molecule has 2 rings (SSSR count). The highest BCUT2D eigenvalue weighted by molar-refractivity contribution is 5.85. The molecule has 0 radical (unpaired) electrons. The van der Waals surface area contributed by atoms with Crippen LogP contribution < -0.4 is 15.2 Å². The van der Waals surface area contributed by atoms with E-state index in [0.717, 1.165) is 7.11 Å². The van der Waals surface area contributed by atoms with Crippen LogP contribution in [0.15, 0.2) is 18.2 Å². The Morgan fingerprint density at radius 1 is 1.44 bits per heavy atom. The van der Waals surface area contributed by atoms with Crippen molar-refractivity contribution < 1.29 is 27.8 Å². The van der Waals surface area contributed by atoms with Gasteiger partial charge in [0.1, 0.15) is 6.04 Å². The second-order valence-corrected chi connectivity index (χ2v) is 3.34. The fraction of sp³-hybridized carbons (Fsp3) is 0.300. The average Bonchev–Trinajstić information content (AvgIpc) is 2.60. The standard InChI is InChI=1S/C10H9F2NO4.ClH/c1-15-9(14)7(13)5-3-2-4-6-8(5)17-10(11,12)16-6;/h2-4,7H,13H2,1H3;1H/t7-;/m1./s1. The van der Waals surface area contributed by atoms with Gasteiger partial charge < -0.3 is 19.9 Å². The number of ether oxygens (including phenoxy) is 3. The van der Waals surface area contributed by atoms with Crippen LogP contribution in [0.2, 0.25) is 0 Å². The van der Waals surface area contributed by atoms with Crippen molar-refractivity contribution in [3.8, 4) is 11.5 Å². The minimum absolute atomic E-state index is 0. The molecule has 0 bridgehead atoms. The average molecular weight is 282 g/mol. The van der Waals surface area contributed by atoms with E-state index < -0.39 is 18.3 Å². The lowest BCUT2D eigenvalue weighted by molar-refractivity contribution is -0.287. The molecule has 2 N–H and O–H groups in total. The Labute approximate surface area is 107 Å². The van der Waals surface area contributed by atoms with E-state index in [1.165, 1.54) is 18.2 Å². The number of carbonyl (C=O) groups is 1. The highest BCUT2D eigenvalue weighted by atomic mass is 35.5. The molecule has 5 nitrogen and oxygen atoms in total. The molecule has 0 aromatic heterocycles. The lowest BCUT2D eigenvalue weighted by Crippen LogP contribution is -2.27. The Morgan fingerprint density at radius 3 is 2.72 bits per heavy atom. The number of para-hydroxylation sites is 1. The number of benzene rings is 1. The van der Waals surface area contributed by atoms with Crippen LogP contribution in [-0.2, 0) is 9.53 Å². The number of esters is 1. The molecule has 0 unspecified atom stereocenters. The predicted molar refractivity (Wildman–Crippen MR) is 58.8 cm³/mol. The van der Waals surface area contributed by atoms with Crippen molar-refractivity contribution in [2.24, 2.45) is 5.73 Å². The maximum absolute atomic E-state index is 12.9. The van der Waals surface area contributed by atoms with E-state index in [9.17, 15) is 13.6 Å². The van der Waals surface area contributed by atoms with E-state index in [1.807, 2.05) is 0 Å². The Bertz CT molecular complexity index is 469. The zero-order valence-electron chi connectivity index (χ0n) is 9.18. The van der Waals surface area contributed by atoms with Crippen LogP contribution in [0, 0.1) is 0 Å². The first-order valence-corrected chi connectivity index (χ1v) is 4.67. The summed E-state index contributed by atoms with van der Waals surface area (Å²) in [5.74, 6) is -1.15. The van der Waals surface area contributed by atoms with Crippen molar-refractivity contribution in [2.75, 3.05) is 7.11 Å². The van der Waals surface area contributed by atoms with Crippen LogP contribution in [0.3, 0.4) is 0 Å². The number of hydrogen-bond donors (Lipinski definition) is 1. The van der Waals surface area contributed by atoms with Crippen molar-refractivity contribution in [3.05, 3.63) is 23.8 Å². The maximum Gasteiger partial charge on any atom is 0.586 e. The van der Waals surface area contributed by atoms with Gasteiger partial charge in [-0.05, 0) is 6.07 Å². The lowest BCUT2D eigenvalue weighted by Gasteiger charge is -2.11. The van der Waals surface area contributed by atoms with Gasteiger partial charge >= 0.3 is 12.3 Å². The number of hydrogen-bond acceptors (Lipinski definition) is 5. The smallest absolute Gasteiger partial charge is 0.468 e. The fourth-order valence-electron chi connectivity index (χ4n) is 1.49. The van der Waals surface area contributed by atoms with Gasteiger partial charge in [-0.3, -0.25) is 4.79 Å². The Hall–Kier alpha value is -1.60. The van der Waals surface area contributed by atoms with Crippen molar-refractivity contribution in [3.63, 3.8) is 0 Å². The minimum Gasteiger partial charge on any atom is -0.468 e. The fourth-order valence-corrected chi connectivity index (χ4v) is 1.49. The summed E-state index contributed by atoms with van der Waals surface area (Å²) in [7, 11) is 1.15. The van der Waals surface area contributed by atoms with Crippen LogP contribution in [-0.4, -0.2) is 19.4 Å². The molecule has 1 aromatic rings. The van der Waals surface area contributed by atoms with Crippen molar-refractivity contribution in [1.82, 2.24) is 0 Å². The second kappa shape index (κ2) is 4.95. The summed E-state index contributed by atoms with van der Waals surface area (Å²) in [6, 6.07) is 2.92. The molecule has 0 spiro atoms. The summed E-state index contributed by atoms with van der Waals surface area (Å²) >= 11 is 0. The summed E-state index contributed by atoms with van der Waals surface area (Å²) < 4.78 is 38.7. The first kappa shape index (κ1) is 14.5. The van der Waals surface area contributed by atoms with Gasteiger partial charge in [-0.1, -0.05) is 12.1 Å². The third kappa shape index (κ3) is 2.46. The Balaban J connectivity index is 0.00000162. The number of fused-ring (bicyclic) bond motifs is 1. The highest BCUT2D eigenvalue weighted by Crippen LogP contribution is 2.44. The third-order valence-corrected chi connectivity index (χ3v) is 2.25. The van der Waals surface area contributed by atoms with Gasteiger partial charge in [-0.25, -0.2) is 0 Å². The van der Waals surface area contributed by atoms with Gasteiger partial charge in [-0.2, -0.15) is 0 Å². The molecule has 1 aliphatic rings. The molecule has 0 fully saturated rings. The third-order valence-electron chi connectivity index (χ3n) is 2.25. The van der Waals surface area contributed by atoms with E-state index in [-0.39, 0.29) is 29.5 Å². The molecule has 1 atom stereocenters. The molecule has 8 heteroatoms. The summed E-state index contributed by atoms with van der Waals surface area (Å²) in [4.78, 5) is 11.2. The number of alkyl halides is 2. The van der Waals surface area contributed by atoms with Crippen LogP contribution in [0.4, 0.5) is 8.78 Å². The first-order valence-electron chi connectivity index (χ1n) is 4.67. The van der Waals surface area contributed by atoms with E-state index in [0.29, 0.717) is 0 Å². The molecule has 1 aliphatic heterocycles. The van der Waals surface area contributed by atoms with Crippen LogP contribution in [0.1, 0.15) is 11.6 Å². The largest absolute Gasteiger partial charge is 0.586 e. The molecule has 18 heavy (non-hydrogen) atoms. The zero-order chi connectivity index (χ0) is 12.6. The van der Waals surface area contributed by atoms with Crippen LogP contribution in [0.5, 0.6) is 11.5 Å². The molecular formula is C10H10ClF2NO4. The summed E-state index contributed by atoms with van der Waals surface area (Å²) in [5.41, 5.74) is 5.65. The van der Waals surface area contributed by atoms with E-state index in [2.05, 4.69) is 14.2 Å². The van der Waals surface area contributed by atoms with Crippen molar-refractivity contribution in [2.45, 2.75) is 12.3 Å². The predicted octanol–water partition coefficient (Wildman–Crippen LogP) is 1.60. The first-order chi connectivity index (χ1) is 7.94. The summed E-state index contributed by atoms with van der Waals surface area (Å²) in [6.07, 6.45) is -3.74. The van der Waals surface area contributed by atoms with Crippen molar-refractivity contribution in [1.29, 1.82) is 0 Å². The Kier molecular flexibility index (Phi) is 3.98. The normalized spacial score (nSPS) is 16.7. The SMILES string of the molecule is COC(=O)[C@H](N)c1cccc2c1OC(F)(F)O2.Cl. The number of carbonyl (C=O) groups excluding carboxylic acids is 1. The van der Waals surface area contributed by atoms with Crippen LogP contribution >= 0.6 is 12.4 Å². The number of methoxy groups -OCH3 is 1. The highest BCUT2D eigenvalue weighted by Gasteiger charge is 2.45. The monoisotopic (exact) mass is 281 g/mol. The molecule has 0 aliphatic carbocycles. The molecular weight excluding hydrogens is 272 g/mol. The van der Waals surface area contributed by atoms with Gasteiger partial charge in [0, 0.05) is 5.56 Å². The molecule has 0 saturated heterocycles. The summed E-state index contributed by atoms with van der Waals surface area (Å²) in [6.45, 7) is 0. The van der Waals surface area contributed by atoms with Gasteiger partial charge in [0.25, 0.3) is 0 Å². The topological polar surface area (TPSA) is 70.8 Å². The van der Waals surface area contributed by atoms with E-state index in [4.69, 9.17) is 5.73 Å². The molecule has 0 amide bonds. The number of halogens is 3. The second-order valence-electron chi connectivity index (χ2n) is 3.34. The number of rotatable bonds is 2. The van der Waals surface area contributed by atoms with Gasteiger partial charge in [0.05, 0.1) is 7.11 Å². The summed E-state index contributed by atoms with van der Waals surface area (Å²) in [5, 5.41) is 0. The van der Waals surface area contributed by atoms with Crippen LogP contribution in [0.25, 0.3) is 0 Å². The van der Waals surface area contributed by atoms with Gasteiger partial charge in [0.15, 0.2) is 11.5 Å². The van der Waals surface area contributed by atoms with Crippen molar-refractivity contribution >= 4 is 18.4 Å². The maximum atomic E-state index is 12.9. The molecule has 100 valence electrons. The van der Waals surface area contributed by atoms with Gasteiger partial charge in [0.2, 0.25) is 0 Å². The molecule has 1 aromatic carbocycles. The Morgan fingerprint density at radius 2 is 2.11 bits per heavy atom. The van der Waals surface area contributed by atoms with E-state index >= 15 is 0 Å². The zero-order valence-corrected chi connectivity index (χ0v) is 10.0. The molecule has 0 saturated carbocycles. The quantitative estimate of drug-likeness (QED) is 0.834.